The summed E-state index contributed by atoms with van der Waals surface area (Å²) in [6.07, 6.45) is 1.15. The Morgan fingerprint density at radius 2 is 1.89 bits per heavy atom. The summed E-state index contributed by atoms with van der Waals surface area (Å²) in [5.41, 5.74) is 6.93. The highest BCUT2D eigenvalue weighted by Crippen LogP contribution is 2.43. The van der Waals surface area contributed by atoms with Crippen LogP contribution in [0.2, 0.25) is 19.1 Å². The van der Waals surface area contributed by atoms with Crippen molar-refractivity contribution in [3.8, 4) is 0 Å². The van der Waals surface area contributed by atoms with E-state index in [1.54, 1.807) is 0 Å². The molecule has 2 N–H and O–H groups in total. The molecule has 1 aromatic rings. The lowest BCUT2D eigenvalue weighted by molar-refractivity contribution is 0.0490. The van der Waals surface area contributed by atoms with Crippen LogP contribution in [0.4, 0.5) is 0 Å². The van der Waals surface area contributed by atoms with E-state index >= 15 is 0 Å². The quantitative estimate of drug-likeness (QED) is 0.843. The van der Waals surface area contributed by atoms with Gasteiger partial charge in [-0.3, -0.25) is 4.79 Å². The molecule has 0 spiro atoms. The third kappa shape index (κ3) is 3.07. The summed E-state index contributed by atoms with van der Waals surface area (Å²) in [6, 6.07) is 8.82. The van der Waals surface area contributed by atoms with Crippen molar-refractivity contribution in [1.29, 1.82) is 0 Å². The molecular weight excluding hydrogens is 254 g/mol. The fourth-order valence-electron chi connectivity index (χ4n) is 3.12. The van der Waals surface area contributed by atoms with Crippen molar-refractivity contribution in [3.63, 3.8) is 0 Å². The van der Waals surface area contributed by atoms with Gasteiger partial charge in [-0.2, -0.15) is 0 Å². The van der Waals surface area contributed by atoms with E-state index < -0.39 is 8.32 Å². The summed E-state index contributed by atoms with van der Waals surface area (Å²) in [7, 11) is -1.50. The Labute approximate surface area is 116 Å². The normalized spacial score (nSPS) is 24.9. The largest absolute Gasteiger partial charge is 0.412 e. The van der Waals surface area contributed by atoms with Crippen LogP contribution in [0.5, 0.6) is 0 Å². The minimum atomic E-state index is -1.50. The van der Waals surface area contributed by atoms with E-state index in [1.807, 2.05) is 24.3 Å². The molecule has 0 bridgehead atoms. The molecule has 1 aliphatic rings. The SMILES string of the molecule is CC1(C)O[Si](C)(C)CCC1c1ccc(C(N)=O)cc1. The van der Waals surface area contributed by atoms with E-state index in [4.69, 9.17) is 10.2 Å². The van der Waals surface area contributed by atoms with Crippen molar-refractivity contribution in [2.75, 3.05) is 0 Å². The van der Waals surface area contributed by atoms with Crippen LogP contribution in [0.1, 0.15) is 42.1 Å². The number of hydrogen-bond acceptors (Lipinski definition) is 2. The Balaban J connectivity index is 2.24. The Bertz CT molecular complexity index is 479. The summed E-state index contributed by atoms with van der Waals surface area (Å²) in [4.78, 5) is 11.1. The molecule has 1 aromatic carbocycles. The van der Waals surface area contributed by atoms with Crippen LogP contribution in [0.3, 0.4) is 0 Å². The first kappa shape index (κ1) is 14.3. The van der Waals surface area contributed by atoms with E-state index in [9.17, 15) is 4.79 Å². The zero-order valence-electron chi connectivity index (χ0n) is 12.2. The van der Waals surface area contributed by atoms with Gasteiger partial charge in [0.15, 0.2) is 8.32 Å². The number of nitrogens with two attached hydrogens (primary N) is 1. The monoisotopic (exact) mass is 277 g/mol. The molecule has 1 saturated heterocycles. The highest BCUT2D eigenvalue weighted by atomic mass is 28.4. The van der Waals surface area contributed by atoms with Gasteiger partial charge in [-0.25, -0.2) is 0 Å². The molecule has 2 rings (SSSR count). The highest BCUT2D eigenvalue weighted by molar-refractivity contribution is 6.71. The van der Waals surface area contributed by atoms with Crippen molar-refractivity contribution >= 4 is 14.2 Å². The second kappa shape index (κ2) is 4.76. The molecule has 1 heterocycles. The number of carbonyl (C=O) groups excluding carboxylic acids is 1. The maximum Gasteiger partial charge on any atom is 0.248 e. The van der Waals surface area contributed by atoms with Gasteiger partial charge in [-0.15, -0.1) is 0 Å². The number of amides is 1. The molecule has 4 heteroatoms. The molecule has 104 valence electrons. The Morgan fingerprint density at radius 3 is 2.37 bits per heavy atom. The van der Waals surface area contributed by atoms with Gasteiger partial charge < -0.3 is 10.2 Å². The maximum atomic E-state index is 11.1. The van der Waals surface area contributed by atoms with Gasteiger partial charge >= 0.3 is 0 Å². The number of primary amides is 1. The molecule has 1 atom stereocenters. The Morgan fingerprint density at radius 1 is 1.32 bits per heavy atom. The van der Waals surface area contributed by atoms with Gasteiger partial charge in [0, 0.05) is 11.5 Å². The van der Waals surface area contributed by atoms with Crippen molar-refractivity contribution in [2.24, 2.45) is 5.73 Å². The fourth-order valence-corrected chi connectivity index (χ4v) is 5.77. The summed E-state index contributed by atoms with van der Waals surface area (Å²) in [5.74, 6) is 0.00852. The summed E-state index contributed by atoms with van der Waals surface area (Å²) < 4.78 is 6.35. The van der Waals surface area contributed by atoms with Crippen LogP contribution >= 0.6 is 0 Å². The van der Waals surface area contributed by atoms with Gasteiger partial charge in [0.2, 0.25) is 5.91 Å². The standard InChI is InChI=1S/C15H23NO2Si/c1-15(2)13(9-10-19(3,4)18-15)11-5-7-12(8-6-11)14(16)17/h5-8,13H,9-10H2,1-4H3,(H2,16,17). The number of carbonyl (C=O) groups is 1. The molecule has 19 heavy (non-hydrogen) atoms. The molecule has 0 radical (unpaired) electrons. The number of rotatable bonds is 2. The zero-order chi connectivity index (χ0) is 14.3. The second-order valence-electron chi connectivity index (χ2n) is 6.54. The highest BCUT2D eigenvalue weighted by Gasteiger charge is 2.42. The lowest BCUT2D eigenvalue weighted by atomic mass is 9.82. The van der Waals surface area contributed by atoms with Crippen LogP contribution in [0.25, 0.3) is 0 Å². The summed E-state index contributed by atoms with van der Waals surface area (Å²) in [6.45, 7) is 8.91. The van der Waals surface area contributed by atoms with Crippen molar-refractivity contribution in [3.05, 3.63) is 35.4 Å². The van der Waals surface area contributed by atoms with Crippen LogP contribution in [-0.4, -0.2) is 19.8 Å². The fraction of sp³-hybridized carbons (Fsp3) is 0.533. The predicted octanol–water partition coefficient (Wildman–Crippen LogP) is 3.27. The number of benzene rings is 1. The minimum absolute atomic E-state index is 0.137. The molecule has 0 aliphatic carbocycles. The first-order valence-electron chi connectivity index (χ1n) is 6.81. The maximum absolute atomic E-state index is 11.1. The van der Waals surface area contributed by atoms with E-state index in [2.05, 4.69) is 26.9 Å². The van der Waals surface area contributed by atoms with E-state index in [1.165, 1.54) is 11.6 Å². The van der Waals surface area contributed by atoms with Crippen molar-refractivity contribution in [1.82, 2.24) is 0 Å². The van der Waals surface area contributed by atoms with Gasteiger partial charge in [0.25, 0.3) is 0 Å². The smallest absolute Gasteiger partial charge is 0.248 e. The number of hydrogen-bond donors (Lipinski definition) is 1. The molecule has 1 unspecified atom stereocenters. The summed E-state index contributed by atoms with van der Waals surface area (Å²) in [5, 5.41) is 0. The average molecular weight is 277 g/mol. The molecule has 1 aliphatic heterocycles. The molecule has 0 saturated carbocycles. The van der Waals surface area contributed by atoms with Gasteiger partial charge in [0.05, 0.1) is 5.60 Å². The topological polar surface area (TPSA) is 52.3 Å². The zero-order valence-corrected chi connectivity index (χ0v) is 13.2. The first-order chi connectivity index (χ1) is 8.71. The lowest BCUT2D eigenvalue weighted by Crippen LogP contribution is -2.49. The van der Waals surface area contributed by atoms with Crippen molar-refractivity contribution < 1.29 is 9.22 Å². The van der Waals surface area contributed by atoms with Gasteiger partial charge in [-0.1, -0.05) is 12.1 Å². The van der Waals surface area contributed by atoms with Crippen LogP contribution in [0.15, 0.2) is 24.3 Å². The molecule has 1 amide bonds. The average Bonchev–Trinajstić information content (AvgIpc) is 2.26. The lowest BCUT2D eigenvalue weighted by Gasteiger charge is -2.46. The first-order valence-corrected chi connectivity index (χ1v) is 9.93. The molecular formula is C15H23NO2Si. The summed E-state index contributed by atoms with van der Waals surface area (Å²) >= 11 is 0. The van der Waals surface area contributed by atoms with E-state index in [0.717, 1.165) is 6.42 Å². The Hall–Kier alpha value is -1.13. The van der Waals surface area contributed by atoms with Crippen LogP contribution < -0.4 is 5.73 Å². The van der Waals surface area contributed by atoms with Crippen LogP contribution in [0, 0.1) is 0 Å². The third-order valence-electron chi connectivity index (χ3n) is 4.01. The molecule has 3 nitrogen and oxygen atoms in total. The van der Waals surface area contributed by atoms with E-state index in [-0.39, 0.29) is 11.5 Å². The second-order valence-corrected chi connectivity index (χ2v) is 10.8. The Kier molecular flexibility index (Phi) is 3.58. The molecule has 1 fully saturated rings. The van der Waals surface area contributed by atoms with Crippen LogP contribution in [-0.2, 0) is 4.43 Å². The minimum Gasteiger partial charge on any atom is -0.412 e. The third-order valence-corrected chi connectivity index (χ3v) is 6.58. The van der Waals surface area contributed by atoms with E-state index in [0.29, 0.717) is 11.5 Å². The van der Waals surface area contributed by atoms with Crippen molar-refractivity contribution in [2.45, 2.75) is 50.9 Å². The van der Waals surface area contributed by atoms with Gasteiger partial charge in [-0.05, 0) is 57.1 Å². The molecule has 0 aromatic heterocycles. The van der Waals surface area contributed by atoms with Gasteiger partial charge in [0.1, 0.15) is 0 Å². The predicted molar refractivity (Wildman–Crippen MR) is 79.8 cm³/mol.